The van der Waals surface area contributed by atoms with Crippen molar-refractivity contribution in [3.63, 3.8) is 0 Å². The van der Waals surface area contributed by atoms with Crippen LogP contribution < -0.4 is 5.32 Å². The summed E-state index contributed by atoms with van der Waals surface area (Å²) in [6.07, 6.45) is 6.58. The van der Waals surface area contributed by atoms with Crippen molar-refractivity contribution in [2.24, 2.45) is 11.8 Å². The lowest BCUT2D eigenvalue weighted by atomic mass is 9.81. The van der Waals surface area contributed by atoms with Crippen LogP contribution in [0.3, 0.4) is 0 Å². The molecule has 4 nitrogen and oxygen atoms in total. The van der Waals surface area contributed by atoms with Crippen molar-refractivity contribution in [1.82, 2.24) is 4.37 Å². The van der Waals surface area contributed by atoms with Crippen LogP contribution in [0, 0.1) is 18.8 Å². The molecular weight excluding hydrogens is 284 g/mol. The van der Waals surface area contributed by atoms with Gasteiger partial charge in [0.05, 0.1) is 12.3 Å². The van der Waals surface area contributed by atoms with Crippen LogP contribution in [0.4, 0.5) is 5.00 Å². The summed E-state index contributed by atoms with van der Waals surface area (Å²) >= 11 is 1.36. The lowest BCUT2D eigenvalue weighted by Crippen LogP contribution is -2.16. The topological polar surface area (TPSA) is 51.2 Å². The zero-order valence-electron chi connectivity index (χ0n) is 13.3. The maximum Gasteiger partial charge on any atom is 0.343 e. The van der Waals surface area contributed by atoms with Gasteiger partial charge < -0.3 is 10.1 Å². The van der Waals surface area contributed by atoms with E-state index >= 15 is 0 Å². The number of carbonyl (C=O) groups is 1. The second-order valence-electron chi connectivity index (χ2n) is 6.03. The summed E-state index contributed by atoms with van der Waals surface area (Å²) in [4.78, 5) is 12.0. The van der Waals surface area contributed by atoms with E-state index in [1.807, 2.05) is 13.8 Å². The third-order valence-corrected chi connectivity index (χ3v) is 5.21. The van der Waals surface area contributed by atoms with Crippen molar-refractivity contribution in [2.45, 2.75) is 52.9 Å². The first kappa shape index (κ1) is 16.3. The predicted molar refractivity (Wildman–Crippen MR) is 87.0 cm³/mol. The molecule has 0 radical (unpaired) electrons. The van der Waals surface area contributed by atoms with Crippen molar-refractivity contribution in [2.75, 3.05) is 18.5 Å². The molecule has 0 spiro atoms. The highest BCUT2D eigenvalue weighted by molar-refractivity contribution is 7.10. The Morgan fingerprint density at radius 2 is 2.10 bits per heavy atom. The monoisotopic (exact) mass is 310 g/mol. The Labute approximate surface area is 131 Å². The lowest BCUT2D eigenvalue weighted by molar-refractivity contribution is 0.0527. The minimum absolute atomic E-state index is 0.266. The van der Waals surface area contributed by atoms with Crippen LogP contribution in [0.25, 0.3) is 0 Å². The number of aryl methyl sites for hydroxylation is 1. The van der Waals surface area contributed by atoms with Gasteiger partial charge in [-0.3, -0.25) is 0 Å². The van der Waals surface area contributed by atoms with Gasteiger partial charge >= 0.3 is 5.97 Å². The number of aromatic nitrogens is 1. The zero-order valence-corrected chi connectivity index (χ0v) is 14.1. The number of esters is 1. The summed E-state index contributed by atoms with van der Waals surface area (Å²) in [6, 6.07) is 0. The smallest absolute Gasteiger partial charge is 0.343 e. The standard InChI is InChI=1S/C16H26N2O2S/c1-4-20-16(19)14-12(3)18-21-15(14)17-10-9-13-7-5-11(2)6-8-13/h11,13,17H,4-10H2,1-3H3. The van der Waals surface area contributed by atoms with E-state index in [1.54, 1.807) is 0 Å². The third-order valence-electron chi connectivity index (χ3n) is 4.32. The van der Waals surface area contributed by atoms with Crippen molar-refractivity contribution in [3.05, 3.63) is 11.3 Å². The van der Waals surface area contributed by atoms with Crippen molar-refractivity contribution >= 4 is 22.5 Å². The maximum atomic E-state index is 12.0. The van der Waals surface area contributed by atoms with E-state index in [0.29, 0.717) is 12.2 Å². The molecule has 1 heterocycles. The molecule has 0 unspecified atom stereocenters. The van der Waals surface area contributed by atoms with Crippen LogP contribution in [0.5, 0.6) is 0 Å². The van der Waals surface area contributed by atoms with Crippen LogP contribution >= 0.6 is 11.5 Å². The Morgan fingerprint density at radius 1 is 1.38 bits per heavy atom. The Balaban J connectivity index is 1.84. The number of hydrogen-bond donors (Lipinski definition) is 1. The zero-order chi connectivity index (χ0) is 15.2. The summed E-state index contributed by atoms with van der Waals surface area (Å²) in [6.45, 7) is 7.34. The summed E-state index contributed by atoms with van der Waals surface area (Å²) in [5, 5.41) is 4.24. The number of nitrogens with zero attached hydrogens (tertiary/aromatic N) is 1. The third kappa shape index (κ3) is 4.43. The molecule has 0 atom stereocenters. The quantitative estimate of drug-likeness (QED) is 0.798. The van der Waals surface area contributed by atoms with Crippen LogP contribution in [0.15, 0.2) is 0 Å². The van der Waals surface area contributed by atoms with Gasteiger partial charge in [-0.25, -0.2) is 4.79 Å². The molecule has 21 heavy (non-hydrogen) atoms. The number of ether oxygens (including phenoxy) is 1. The molecule has 1 aromatic heterocycles. The number of anilines is 1. The van der Waals surface area contributed by atoms with E-state index in [2.05, 4.69) is 16.6 Å². The average Bonchev–Trinajstić information content (AvgIpc) is 2.82. The van der Waals surface area contributed by atoms with Crippen molar-refractivity contribution < 1.29 is 9.53 Å². The fraction of sp³-hybridized carbons (Fsp3) is 0.750. The first-order valence-electron chi connectivity index (χ1n) is 7.99. The van der Waals surface area contributed by atoms with Gasteiger partial charge in [-0.1, -0.05) is 32.6 Å². The number of carbonyl (C=O) groups excluding carboxylic acids is 1. The molecule has 0 aliphatic heterocycles. The summed E-state index contributed by atoms with van der Waals surface area (Å²) < 4.78 is 9.38. The minimum atomic E-state index is -0.266. The number of nitrogens with one attached hydrogen (secondary N) is 1. The molecular formula is C16H26N2O2S. The Morgan fingerprint density at radius 3 is 2.76 bits per heavy atom. The van der Waals surface area contributed by atoms with E-state index in [0.717, 1.165) is 29.1 Å². The molecule has 1 aromatic rings. The molecule has 1 fully saturated rings. The van der Waals surface area contributed by atoms with Crippen LogP contribution in [-0.2, 0) is 4.74 Å². The molecule has 0 bridgehead atoms. The number of rotatable bonds is 6. The van der Waals surface area contributed by atoms with Crippen LogP contribution in [0.1, 0.15) is 62.0 Å². The van der Waals surface area contributed by atoms with E-state index in [9.17, 15) is 4.79 Å². The molecule has 0 amide bonds. The van der Waals surface area contributed by atoms with E-state index in [4.69, 9.17) is 4.74 Å². The molecule has 0 aromatic carbocycles. The Hall–Kier alpha value is -1.10. The second-order valence-corrected chi connectivity index (χ2v) is 6.81. The van der Waals surface area contributed by atoms with Crippen molar-refractivity contribution in [3.8, 4) is 0 Å². The summed E-state index contributed by atoms with van der Waals surface area (Å²) in [5.74, 6) is 1.46. The van der Waals surface area contributed by atoms with Gasteiger partial charge in [0.15, 0.2) is 0 Å². The normalized spacial score (nSPS) is 22.0. The maximum absolute atomic E-state index is 12.0. The molecule has 118 valence electrons. The van der Waals surface area contributed by atoms with Gasteiger partial charge in [0.1, 0.15) is 10.6 Å². The van der Waals surface area contributed by atoms with Gasteiger partial charge in [-0.2, -0.15) is 4.37 Å². The molecule has 1 aliphatic rings. The van der Waals surface area contributed by atoms with Crippen molar-refractivity contribution in [1.29, 1.82) is 0 Å². The predicted octanol–water partition coefficient (Wildman–Crippen LogP) is 4.26. The first-order chi connectivity index (χ1) is 10.1. The molecule has 1 aliphatic carbocycles. The van der Waals surface area contributed by atoms with Gasteiger partial charge in [0.25, 0.3) is 0 Å². The fourth-order valence-electron chi connectivity index (χ4n) is 2.94. The first-order valence-corrected chi connectivity index (χ1v) is 8.76. The summed E-state index contributed by atoms with van der Waals surface area (Å²) in [5.41, 5.74) is 1.37. The van der Waals surface area contributed by atoms with Crippen LogP contribution in [-0.4, -0.2) is 23.5 Å². The highest BCUT2D eigenvalue weighted by atomic mass is 32.1. The van der Waals surface area contributed by atoms with Gasteiger partial charge in [-0.15, -0.1) is 0 Å². The fourth-order valence-corrected chi connectivity index (χ4v) is 3.75. The highest BCUT2D eigenvalue weighted by Crippen LogP contribution is 2.31. The van der Waals surface area contributed by atoms with E-state index in [-0.39, 0.29) is 5.97 Å². The summed E-state index contributed by atoms with van der Waals surface area (Å²) in [7, 11) is 0. The van der Waals surface area contributed by atoms with Crippen LogP contribution in [0.2, 0.25) is 0 Å². The highest BCUT2D eigenvalue weighted by Gasteiger charge is 2.21. The average molecular weight is 310 g/mol. The molecule has 0 saturated heterocycles. The largest absolute Gasteiger partial charge is 0.462 e. The van der Waals surface area contributed by atoms with Gasteiger partial charge in [0, 0.05) is 6.54 Å². The Bertz CT molecular complexity index is 465. The minimum Gasteiger partial charge on any atom is -0.462 e. The molecule has 5 heteroatoms. The van der Waals surface area contributed by atoms with Gasteiger partial charge in [0.2, 0.25) is 0 Å². The SMILES string of the molecule is CCOC(=O)c1c(C)nsc1NCCC1CCC(C)CC1. The number of hydrogen-bond acceptors (Lipinski definition) is 5. The van der Waals surface area contributed by atoms with E-state index in [1.165, 1.54) is 43.6 Å². The van der Waals surface area contributed by atoms with E-state index < -0.39 is 0 Å². The molecule has 2 rings (SSSR count). The molecule has 1 saturated carbocycles. The lowest BCUT2D eigenvalue weighted by Gasteiger charge is -2.26. The van der Waals surface area contributed by atoms with Gasteiger partial charge in [-0.05, 0) is 43.6 Å². The Kier molecular flexibility index (Phi) is 6.03. The molecule has 1 N–H and O–H groups in total. The second kappa shape index (κ2) is 7.78.